The number of hydrogen-bond acceptors (Lipinski definition) is 5. The molecule has 2 aromatic carbocycles. The average Bonchev–Trinajstić information content (AvgIpc) is 3.23. The zero-order valence-electron chi connectivity index (χ0n) is 16.2. The quantitative estimate of drug-likeness (QED) is 0.505. The Bertz CT molecular complexity index is 1240. The van der Waals surface area contributed by atoms with Crippen molar-refractivity contribution in [3.8, 4) is 22.8 Å². The Morgan fingerprint density at radius 2 is 1.83 bits per heavy atom. The van der Waals surface area contributed by atoms with Gasteiger partial charge in [-0.05, 0) is 41.1 Å². The van der Waals surface area contributed by atoms with Gasteiger partial charge >= 0.3 is 5.69 Å². The molecule has 0 bridgehead atoms. The molecule has 0 aliphatic heterocycles. The molecule has 2 aromatic heterocycles. The normalized spacial score (nSPS) is 11.0. The summed E-state index contributed by atoms with van der Waals surface area (Å²) in [6.07, 6.45) is 0. The molecule has 0 aliphatic carbocycles. The largest absolute Gasteiger partial charge is 0.473 e. The standard InChI is InChI=1S/C20H19ClN6O2/c1-13-6-4-9-18(27-20(28)26(3)23-24-27)16(13)12-29-19-11-17(22-25(19)2)14-7-5-8-15(21)10-14/h4-11H,12H2,1-3H3. The van der Waals surface area contributed by atoms with Gasteiger partial charge in [-0.25, -0.2) is 9.48 Å². The Morgan fingerprint density at radius 3 is 2.55 bits per heavy atom. The minimum absolute atomic E-state index is 0.250. The Hall–Kier alpha value is -3.39. The van der Waals surface area contributed by atoms with E-state index in [2.05, 4.69) is 15.5 Å². The van der Waals surface area contributed by atoms with Crippen LogP contribution >= 0.6 is 11.6 Å². The predicted molar refractivity (Wildman–Crippen MR) is 109 cm³/mol. The SMILES string of the molecule is Cc1cccc(-n2nnn(C)c2=O)c1COc1cc(-c2cccc(Cl)c2)nn1C. The highest BCUT2D eigenvalue weighted by molar-refractivity contribution is 6.30. The van der Waals surface area contributed by atoms with Crippen molar-refractivity contribution in [1.82, 2.24) is 29.6 Å². The van der Waals surface area contributed by atoms with Gasteiger partial charge in [0.1, 0.15) is 6.61 Å². The molecule has 2 heterocycles. The highest BCUT2D eigenvalue weighted by atomic mass is 35.5. The lowest BCUT2D eigenvalue weighted by atomic mass is 10.1. The summed E-state index contributed by atoms with van der Waals surface area (Å²) < 4.78 is 10.2. The van der Waals surface area contributed by atoms with Crippen LogP contribution in [0.2, 0.25) is 5.02 Å². The van der Waals surface area contributed by atoms with E-state index in [0.717, 1.165) is 22.4 Å². The second kappa shape index (κ2) is 7.56. The van der Waals surface area contributed by atoms with Crippen molar-refractivity contribution in [2.75, 3.05) is 0 Å². The van der Waals surface area contributed by atoms with Crippen LogP contribution in [0.1, 0.15) is 11.1 Å². The maximum atomic E-state index is 12.3. The lowest BCUT2D eigenvalue weighted by Crippen LogP contribution is -2.23. The molecule has 0 unspecified atom stereocenters. The van der Waals surface area contributed by atoms with Gasteiger partial charge < -0.3 is 4.74 Å². The number of rotatable bonds is 5. The molecule has 148 valence electrons. The summed E-state index contributed by atoms with van der Waals surface area (Å²) >= 11 is 6.08. The van der Waals surface area contributed by atoms with E-state index < -0.39 is 0 Å². The number of nitrogens with zero attached hydrogens (tertiary/aromatic N) is 6. The highest BCUT2D eigenvalue weighted by Gasteiger charge is 2.15. The van der Waals surface area contributed by atoms with Crippen molar-refractivity contribution in [2.45, 2.75) is 13.5 Å². The summed E-state index contributed by atoms with van der Waals surface area (Å²) in [7, 11) is 3.38. The molecule has 0 fully saturated rings. The van der Waals surface area contributed by atoms with E-state index in [1.807, 2.05) is 62.5 Å². The highest BCUT2D eigenvalue weighted by Crippen LogP contribution is 2.26. The molecule has 0 saturated carbocycles. The van der Waals surface area contributed by atoms with Crippen LogP contribution in [0.5, 0.6) is 5.88 Å². The van der Waals surface area contributed by atoms with Gasteiger partial charge in [0.15, 0.2) is 0 Å². The van der Waals surface area contributed by atoms with Crippen LogP contribution in [-0.4, -0.2) is 29.6 Å². The predicted octanol–water partition coefficient (Wildman–Crippen LogP) is 2.91. The summed E-state index contributed by atoms with van der Waals surface area (Å²) in [6, 6.07) is 15.0. The van der Waals surface area contributed by atoms with Crippen LogP contribution in [0.15, 0.2) is 53.3 Å². The maximum absolute atomic E-state index is 12.3. The van der Waals surface area contributed by atoms with Crippen molar-refractivity contribution in [2.24, 2.45) is 14.1 Å². The van der Waals surface area contributed by atoms with Crippen molar-refractivity contribution < 1.29 is 4.74 Å². The molecular weight excluding hydrogens is 392 g/mol. The lowest BCUT2D eigenvalue weighted by molar-refractivity contribution is 0.277. The van der Waals surface area contributed by atoms with Crippen molar-refractivity contribution in [3.63, 3.8) is 0 Å². The number of aromatic nitrogens is 6. The molecule has 0 atom stereocenters. The zero-order valence-corrected chi connectivity index (χ0v) is 17.0. The first-order valence-electron chi connectivity index (χ1n) is 8.94. The van der Waals surface area contributed by atoms with Crippen LogP contribution in [0.25, 0.3) is 16.9 Å². The van der Waals surface area contributed by atoms with Gasteiger partial charge in [-0.1, -0.05) is 35.9 Å². The molecule has 9 heteroatoms. The number of halogens is 1. The Labute approximate surface area is 171 Å². The molecule has 29 heavy (non-hydrogen) atoms. The first-order chi connectivity index (χ1) is 13.9. The van der Waals surface area contributed by atoms with Crippen LogP contribution in [0.3, 0.4) is 0 Å². The van der Waals surface area contributed by atoms with Crippen LogP contribution < -0.4 is 10.4 Å². The smallest absolute Gasteiger partial charge is 0.368 e. The van der Waals surface area contributed by atoms with Gasteiger partial charge in [0.05, 0.1) is 11.4 Å². The van der Waals surface area contributed by atoms with Gasteiger partial charge in [-0.15, -0.1) is 0 Å². The molecule has 4 aromatic rings. The number of aryl methyl sites for hydroxylation is 3. The fraction of sp³-hybridized carbons (Fsp3) is 0.200. The summed E-state index contributed by atoms with van der Waals surface area (Å²) in [4.78, 5) is 12.3. The second-order valence-electron chi connectivity index (χ2n) is 6.66. The first kappa shape index (κ1) is 18.9. The summed E-state index contributed by atoms with van der Waals surface area (Å²) in [5, 5.41) is 12.9. The summed E-state index contributed by atoms with van der Waals surface area (Å²) in [6.45, 7) is 2.21. The Kier molecular flexibility index (Phi) is 4.94. The molecule has 0 aliphatic rings. The summed E-state index contributed by atoms with van der Waals surface area (Å²) in [5.74, 6) is 0.598. The average molecular weight is 411 g/mol. The van der Waals surface area contributed by atoms with Gasteiger partial charge in [-0.2, -0.15) is 14.5 Å². The Balaban J connectivity index is 1.64. The van der Waals surface area contributed by atoms with Gasteiger partial charge in [-0.3, -0.25) is 0 Å². The van der Waals surface area contributed by atoms with Crippen LogP contribution in [0, 0.1) is 6.92 Å². The molecule has 0 amide bonds. The topological polar surface area (TPSA) is 79.8 Å². The maximum Gasteiger partial charge on any atom is 0.368 e. The van der Waals surface area contributed by atoms with E-state index >= 15 is 0 Å². The van der Waals surface area contributed by atoms with E-state index in [0.29, 0.717) is 16.6 Å². The lowest BCUT2D eigenvalue weighted by Gasteiger charge is -2.12. The molecule has 0 saturated heterocycles. The van der Waals surface area contributed by atoms with E-state index in [4.69, 9.17) is 16.3 Å². The van der Waals surface area contributed by atoms with Gasteiger partial charge in [0, 0.05) is 36.3 Å². The second-order valence-corrected chi connectivity index (χ2v) is 7.10. The van der Waals surface area contributed by atoms with E-state index in [1.54, 1.807) is 11.7 Å². The number of benzene rings is 2. The third-order valence-corrected chi connectivity index (χ3v) is 4.89. The fourth-order valence-electron chi connectivity index (χ4n) is 3.06. The number of ether oxygens (including phenoxy) is 1. The molecule has 0 spiro atoms. The molecule has 0 N–H and O–H groups in total. The fourth-order valence-corrected chi connectivity index (χ4v) is 3.25. The zero-order chi connectivity index (χ0) is 20.5. The van der Waals surface area contributed by atoms with E-state index in [9.17, 15) is 4.79 Å². The van der Waals surface area contributed by atoms with E-state index in [1.165, 1.54) is 9.36 Å². The van der Waals surface area contributed by atoms with Gasteiger partial charge in [0.25, 0.3) is 0 Å². The number of tetrazole rings is 1. The molecule has 0 radical (unpaired) electrons. The van der Waals surface area contributed by atoms with E-state index in [-0.39, 0.29) is 12.3 Å². The number of hydrogen-bond donors (Lipinski definition) is 0. The van der Waals surface area contributed by atoms with Crippen LogP contribution in [0.4, 0.5) is 0 Å². The minimum atomic E-state index is -0.319. The third-order valence-electron chi connectivity index (χ3n) is 4.66. The van der Waals surface area contributed by atoms with Crippen LogP contribution in [-0.2, 0) is 20.7 Å². The van der Waals surface area contributed by atoms with Crippen molar-refractivity contribution in [1.29, 1.82) is 0 Å². The monoisotopic (exact) mass is 410 g/mol. The van der Waals surface area contributed by atoms with Crippen molar-refractivity contribution in [3.05, 3.63) is 75.2 Å². The summed E-state index contributed by atoms with van der Waals surface area (Å²) in [5.41, 5.74) is 3.82. The molecular formula is C20H19ClN6O2. The Morgan fingerprint density at radius 1 is 1.03 bits per heavy atom. The minimum Gasteiger partial charge on any atom is -0.473 e. The third kappa shape index (κ3) is 3.66. The first-order valence-corrected chi connectivity index (χ1v) is 9.32. The van der Waals surface area contributed by atoms with Crippen molar-refractivity contribution >= 4 is 11.6 Å². The molecule has 4 rings (SSSR count). The van der Waals surface area contributed by atoms with Gasteiger partial charge in [0.2, 0.25) is 5.88 Å². The molecule has 8 nitrogen and oxygen atoms in total.